The Labute approximate surface area is 200 Å². The van der Waals surface area contributed by atoms with Gasteiger partial charge < -0.3 is 19.9 Å². The number of hydrogen-bond acceptors (Lipinski definition) is 5. The van der Waals surface area contributed by atoms with Gasteiger partial charge in [-0.05, 0) is 44.7 Å². The molecular formula is C26H34N2O6. The third-order valence-electron chi connectivity index (χ3n) is 4.89. The van der Waals surface area contributed by atoms with Crippen molar-refractivity contribution in [2.24, 2.45) is 0 Å². The maximum atomic E-state index is 13.2. The summed E-state index contributed by atoms with van der Waals surface area (Å²) in [6.45, 7) is 5.75. The SMILES string of the molecule is CC(C)(C)OC(=O)NCC(CCCC(=O)O)N(Cc1ccccc1)C(=O)OCc1ccccc1. The van der Waals surface area contributed by atoms with Crippen LogP contribution in [0.4, 0.5) is 9.59 Å². The highest BCUT2D eigenvalue weighted by Crippen LogP contribution is 2.17. The zero-order valence-corrected chi connectivity index (χ0v) is 20.0. The Kier molecular flexibility index (Phi) is 10.4. The largest absolute Gasteiger partial charge is 0.481 e. The number of carboxylic acid groups (broad SMARTS) is 1. The fourth-order valence-corrected chi connectivity index (χ4v) is 3.30. The fourth-order valence-electron chi connectivity index (χ4n) is 3.30. The van der Waals surface area contributed by atoms with Crippen LogP contribution in [0.3, 0.4) is 0 Å². The fraction of sp³-hybridized carbons (Fsp3) is 0.423. The highest BCUT2D eigenvalue weighted by Gasteiger charge is 2.27. The summed E-state index contributed by atoms with van der Waals surface area (Å²) < 4.78 is 10.9. The Balaban J connectivity index is 2.18. The molecule has 0 saturated carbocycles. The van der Waals surface area contributed by atoms with E-state index in [1.54, 1.807) is 20.8 Å². The van der Waals surface area contributed by atoms with E-state index in [0.717, 1.165) is 11.1 Å². The molecule has 34 heavy (non-hydrogen) atoms. The first-order valence-corrected chi connectivity index (χ1v) is 11.3. The minimum atomic E-state index is -0.917. The minimum absolute atomic E-state index is 0.0405. The summed E-state index contributed by atoms with van der Waals surface area (Å²) in [6, 6.07) is 18.3. The molecule has 0 aromatic heterocycles. The smallest absolute Gasteiger partial charge is 0.410 e. The van der Waals surface area contributed by atoms with Crippen LogP contribution >= 0.6 is 0 Å². The van der Waals surface area contributed by atoms with Crippen molar-refractivity contribution in [3.8, 4) is 0 Å². The van der Waals surface area contributed by atoms with Gasteiger partial charge in [0.15, 0.2) is 0 Å². The molecule has 0 aliphatic carbocycles. The number of nitrogens with one attached hydrogen (secondary N) is 1. The molecule has 0 fully saturated rings. The Bertz CT molecular complexity index is 912. The van der Waals surface area contributed by atoms with Crippen LogP contribution in [0, 0.1) is 0 Å². The molecule has 0 bridgehead atoms. The average molecular weight is 471 g/mol. The Morgan fingerprint density at radius 3 is 2.12 bits per heavy atom. The molecule has 0 aliphatic heterocycles. The highest BCUT2D eigenvalue weighted by atomic mass is 16.6. The van der Waals surface area contributed by atoms with Crippen LogP contribution in [-0.4, -0.2) is 46.3 Å². The van der Waals surface area contributed by atoms with Gasteiger partial charge in [-0.1, -0.05) is 60.7 Å². The number of hydrogen-bond donors (Lipinski definition) is 2. The first-order chi connectivity index (χ1) is 16.1. The molecule has 2 N–H and O–H groups in total. The van der Waals surface area contributed by atoms with Crippen LogP contribution in [0.1, 0.15) is 51.2 Å². The monoisotopic (exact) mass is 470 g/mol. The number of aliphatic carboxylic acids is 1. The summed E-state index contributed by atoms with van der Waals surface area (Å²) in [5.41, 5.74) is 1.07. The molecule has 2 amide bonds. The van der Waals surface area contributed by atoms with Crippen molar-refractivity contribution in [2.45, 2.75) is 64.8 Å². The van der Waals surface area contributed by atoms with E-state index < -0.39 is 29.8 Å². The molecule has 8 nitrogen and oxygen atoms in total. The van der Waals surface area contributed by atoms with Crippen LogP contribution < -0.4 is 5.32 Å². The second-order valence-corrected chi connectivity index (χ2v) is 8.98. The maximum absolute atomic E-state index is 13.2. The molecule has 0 spiro atoms. The Hall–Kier alpha value is -3.55. The van der Waals surface area contributed by atoms with Gasteiger partial charge in [-0.3, -0.25) is 9.69 Å². The predicted molar refractivity (Wildman–Crippen MR) is 128 cm³/mol. The summed E-state index contributed by atoms with van der Waals surface area (Å²) in [4.78, 5) is 38.0. The molecule has 0 saturated heterocycles. The third kappa shape index (κ3) is 10.4. The number of carbonyl (C=O) groups excluding carboxylic acids is 2. The van der Waals surface area contributed by atoms with Crippen molar-refractivity contribution in [1.29, 1.82) is 0 Å². The first-order valence-electron chi connectivity index (χ1n) is 11.3. The second kappa shape index (κ2) is 13.2. The number of benzene rings is 2. The molecule has 0 heterocycles. The quantitative estimate of drug-likeness (QED) is 0.480. The van der Waals surface area contributed by atoms with Crippen LogP contribution in [-0.2, 0) is 27.4 Å². The summed E-state index contributed by atoms with van der Waals surface area (Å²) in [6.07, 6.45) is -0.476. The lowest BCUT2D eigenvalue weighted by molar-refractivity contribution is -0.137. The topological polar surface area (TPSA) is 105 Å². The van der Waals surface area contributed by atoms with Crippen molar-refractivity contribution in [1.82, 2.24) is 10.2 Å². The highest BCUT2D eigenvalue weighted by molar-refractivity contribution is 5.70. The molecule has 1 atom stereocenters. The summed E-state index contributed by atoms with van der Waals surface area (Å²) in [5.74, 6) is -0.917. The predicted octanol–water partition coefficient (Wildman–Crippen LogP) is 4.97. The number of rotatable bonds is 11. The van der Waals surface area contributed by atoms with Gasteiger partial charge in [0.2, 0.25) is 0 Å². The molecule has 0 radical (unpaired) electrons. The molecule has 2 aromatic carbocycles. The molecule has 2 rings (SSSR count). The van der Waals surface area contributed by atoms with Crippen LogP contribution in [0.15, 0.2) is 60.7 Å². The zero-order valence-electron chi connectivity index (χ0n) is 20.0. The molecule has 1 unspecified atom stereocenters. The van der Waals surface area contributed by atoms with E-state index in [9.17, 15) is 14.4 Å². The van der Waals surface area contributed by atoms with E-state index in [4.69, 9.17) is 14.6 Å². The van der Waals surface area contributed by atoms with Crippen molar-refractivity contribution in [3.05, 3.63) is 71.8 Å². The lowest BCUT2D eigenvalue weighted by Gasteiger charge is -2.32. The number of nitrogens with zero attached hydrogens (tertiary/aromatic N) is 1. The second-order valence-electron chi connectivity index (χ2n) is 8.98. The number of amides is 2. The zero-order chi connectivity index (χ0) is 25.0. The maximum Gasteiger partial charge on any atom is 0.410 e. The van der Waals surface area contributed by atoms with Gasteiger partial charge in [0.25, 0.3) is 0 Å². The van der Waals surface area contributed by atoms with E-state index in [-0.39, 0.29) is 26.1 Å². The van der Waals surface area contributed by atoms with Crippen molar-refractivity contribution >= 4 is 18.2 Å². The third-order valence-corrected chi connectivity index (χ3v) is 4.89. The lowest BCUT2D eigenvalue weighted by Crippen LogP contribution is -2.47. The molecule has 2 aromatic rings. The van der Waals surface area contributed by atoms with Gasteiger partial charge in [-0.15, -0.1) is 0 Å². The first kappa shape index (κ1) is 26.7. The van der Waals surface area contributed by atoms with Crippen LogP contribution in [0.2, 0.25) is 0 Å². The lowest BCUT2D eigenvalue weighted by atomic mass is 10.1. The minimum Gasteiger partial charge on any atom is -0.481 e. The standard InChI is InChI=1S/C26H34N2O6/c1-26(2,3)34-24(31)27-17-22(15-10-16-23(29)30)28(18-20-11-6-4-7-12-20)25(32)33-19-21-13-8-5-9-14-21/h4-9,11-14,22H,10,15-19H2,1-3H3,(H,27,31)(H,29,30). The number of ether oxygens (including phenoxy) is 2. The van der Waals surface area contributed by atoms with Crippen molar-refractivity contribution in [3.63, 3.8) is 0 Å². The van der Waals surface area contributed by atoms with Gasteiger partial charge in [-0.2, -0.15) is 0 Å². The molecule has 8 heteroatoms. The van der Waals surface area contributed by atoms with Gasteiger partial charge >= 0.3 is 18.2 Å². The Morgan fingerprint density at radius 1 is 0.971 bits per heavy atom. The van der Waals surface area contributed by atoms with E-state index in [0.29, 0.717) is 12.8 Å². The van der Waals surface area contributed by atoms with Crippen molar-refractivity contribution < 1.29 is 29.0 Å². The summed E-state index contributed by atoms with van der Waals surface area (Å²) in [7, 11) is 0. The van der Waals surface area contributed by atoms with Gasteiger partial charge in [0.05, 0.1) is 6.04 Å². The number of alkyl carbamates (subject to hydrolysis) is 1. The molecule has 0 aliphatic rings. The normalized spacial score (nSPS) is 11.9. The Morgan fingerprint density at radius 2 is 1.56 bits per heavy atom. The summed E-state index contributed by atoms with van der Waals surface area (Å²) >= 11 is 0. The number of carbonyl (C=O) groups is 3. The average Bonchev–Trinajstić information content (AvgIpc) is 2.78. The van der Waals surface area contributed by atoms with E-state index >= 15 is 0 Å². The number of carboxylic acids is 1. The van der Waals surface area contributed by atoms with Gasteiger partial charge in [-0.25, -0.2) is 9.59 Å². The van der Waals surface area contributed by atoms with E-state index in [2.05, 4.69) is 5.32 Å². The van der Waals surface area contributed by atoms with Crippen LogP contribution in [0.5, 0.6) is 0 Å². The molecular weight excluding hydrogens is 436 g/mol. The van der Waals surface area contributed by atoms with E-state index in [1.165, 1.54) is 4.90 Å². The van der Waals surface area contributed by atoms with Crippen LogP contribution in [0.25, 0.3) is 0 Å². The summed E-state index contributed by atoms with van der Waals surface area (Å²) in [5, 5.41) is 11.8. The van der Waals surface area contributed by atoms with Gasteiger partial charge in [0.1, 0.15) is 12.2 Å². The molecule has 184 valence electrons. The van der Waals surface area contributed by atoms with Crippen molar-refractivity contribution in [2.75, 3.05) is 6.54 Å². The van der Waals surface area contributed by atoms with Gasteiger partial charge in [0, 0.05) is 19.5 Å². The van der Waals surface area contributed by atoms with E-state index in [1.807, 2.05) is 60.7 Å².